The van der Waals surface area contributed by atoms with Crippen molar-refractivity contribution in [1.29, 1.82) is 0 Å². The molecule has 1 fully saturated rings. The summed E-state index contributed by atoms with van der Waals surface area (Å²) in [6, 6.07) is 1.89. The molecule has 0 aromatic carbocycles. The Labute approximate surface area is 161 Å². The third-order valence-electron chi connectivity index (χ3n) is 4.71. The fraction of sp³-hybridized carbons (Fsp3) is 0.632. The van der Waals surface area contributed by atoms with Gasteiger partial charge in [-0.3, -0.25) is 0 Å². The van der Waals surface area contributed by atoms with E-state index in [1.54, 1.807) is 0 Å². The summed E-state index contributed by atoms with van der Waals surface area (Å²) in [6.07, 6.45) is 6.25. The van der Waals surface area contributed by atoms with Crippen LogP contribution in [0.2, 0.25) is 0 Å². The maximum absolute atomic E-state index is 5.91. The van der Waals surface area contributed by atoms with E-state index in [-0.39, 0.29) is 12.1 Å². The molecule has 0 aliphatic carbocycles. The lowest BCUT2D eigenvalue weighted by Crippen LogP contribution is -2.36. The van der Waals surface area contributed by atoms with E-state index in [1.807, 2.05) is 26.1 Å². The van der Waals surface area contributed by atoms with Gasteiger partial charge in [-0.25, -0.2) is 4.98 Å². The highest BCUT2D eigenvalue weighted by molar-refractivity contribution is 5.46. The number of nitrogen functional groups attached to an aromatic ring is 1. The predicted molar refractivity (Wildman–Crippen MR) is 107 cm³/mol. The standard InChI is InChI=1S/C19H31N7O/c1-14(2)27-17-12-16(22-19(20)23-17)26-8-5-6-15(13-26)18-21-7-9-25(18)11-10-24(3)4/h7,9,12,14-15H,5-6,8,10-11,13H2,1-4H3,(H2,20,22,23). The molecule has 1 aliphatic rings. The van der Waals surface area contributed by atoms with Gasteiger partial charge in [0, 0.05) is 50.6 Å². The number of nitrogens with two attached hydrogens (primary N) is 1. The number of piperidine rings is 1. The number of likely N-dealkylation sites (N-methyl/N-ethyl adjacent to an activating group) is 1. The monoisotopic (exact) mass is 373 g/mol. The molecular weight excluding hydrogens is 342 g/mol. The van der Waals surface area contributed by atoms with E-state index in [1.165, 1.54) is 0 Å². The van der Waals surface area contributed by atoms with Crippen molar-refractivity contribution in [3.05, 3.63) is 24.3 Å². The molecule has 27 heavy (non-hydrogen) atoms. The highest BCUT2D eigenvalue weighted by Gasteiger charge is 2.26. The Morgan fingerprint density at radius 2 is 2.15 bits per heavy atom. The average Bonchev–Trinajstić information content (AvgIpc) is 3.07. The smallest absolute Gasteiger partial charge is 0.225 e. The first-order valence-electron chi connectivity index (χ1n) is 9.64. The molecule has 1 saturated heterocycles. The number of ether oxygens (including phenoxy) is 1. The van der Waals surface area contributed by atoms with Gasteiger partial charge < -0.3 is 24.8 Å². The van der Waals surface area contributed by atoms with Crippen molar-refractivity contribution in [3.63, 3.8) is 0 Å². The van der Waals surface area contributed by atoms with Crippen LogP contribution in [0.15, 0.2) is 18.5 Å². The molecule has 0 amide bonds. The fourth-order valence-corrected chi connectivity index (χ4v) is 3.47. The van der Waals surface area contributed by atoms with E-state index in [2.05, 4.69) is 49.6 Å². The molecule has 0 saturated carbocycles. The Balaban J connectivity index is 1.75. The molecule has 1 aliphatic heterocycles. The van der Waals surface area contributed by atoms with Crippen LogP contribution in [-0.2, 0) is 6.54 Å². The van der Waals surface area contributed by atoms with Crippen molar-refractivity contribution in [1.82, 2.24) is 24.4 Å². The molecule has 2 N–H and O–H groups in total. The highest BCUT2D eigenvalue weighted by atomic mass is 16.5. The van der Waals surface area contributed by atoms with E-state index in [9.17, 15) is 0 Å². The molecule has 2 aromatic rings. The number of hydrogen-bond donors (Lipinski definition) is 1. The molecule has 3 rings (SSSR count). The molecule has 8 nitrogen and oxygen atoms in total. The van der Waals surface area contributed by atoms with Crippen LogP contribution in [0.3, 0.4) is 0 Å². The highest BCUT2D eigenvalue weighted by Crippen LogP contribution is 2.30. The van der Waals surface area contributed by atoms with Crippen molar-refractivity contribution in [2.75, 3.05) is 44.4 Å². The Kier molecular flexibility index (Phi) is 6.15. The van der Waals surface area contributed by atoms with Gasteiger partial charge in [-0.15, -0.1) is 0 Å². The summed E-state index contributed by atoms with van der Waals surface area (Å²) in [6.45, 7) is 7.72. The molecule has 0 spiro atoms. The minimum Gasteiger partial charge on any atom is -0.475 e. The number of aromatic nitrogens is 4. The van der Waals surface area contributed by atoms with E-state index >= 15 is 0 Å². The van der Waals surface area contributed by atoms with Gasteiger partial charge in [-0.05, 0) is 40.8 Å². The zero-order chi connectivity index (χ0) is 19.4. The maximum Gasteiger partial charge on any atom is 0.225 e. The summed E-state index contributed by atoms with van der Waals surface area (Å²) in [7, 11) is 4.19. The largest absolute Gasteiger partial charge is 0.475 e. The van der Waals surface area contributed by atoms with Crippen LogP contribution in [-0.4, -0.2) is 64.3 Å². The van der Waals surface area contributed by atoms with E-state index in [0.717, 1.165) is 50.7 Å². The van der Waals surface area contributed by atoms with Gasteiger partial charge >= 0.3 is 0 Å². The van der Waals surface area contributed by atoms with Gasteiger partial charge in [0.05, 0.1) is 6.10 Å². The SMILES string of the molecule is CC(C)Oc1cc(N2CCCC(c3nccn3CCN(C)C)C2)nc(N)n1. The maximum atomic E-state index is 5.91. The van der Waals surface area contributed by atoms with Gasteiger partial charge in [-0.2, -0.15) is 9.97 Å². The first-order chi connectivity index (χ1) is 12.9. The molecule has 8 heteroatoms. The van der Waals surface area contributed by atoms with Crippen LogP contribution < -0.4 is 15.4 Å². The molecule has 148 valence electrons. The Morgan fingerprint density at radius 3 is 2.89 bits per heavy atom. The number of rotatable bonds is 7. The summed E-state index contributed by atoms with van der Waals surface area (Å²) in [4.78, 5) is 17.7. The molecule has 1 atom stereocenters. The van der Waals surface area contributed by atoms with Crippen LogP contribution in [0.4, 0.5) is 11.8 Å². The first-order valence-corrected chi connectivity index (χ1v) is 9.64. The summed E-state index contributed by atoms with van der Waals surface area (Å²) in [5.41, 5.74) is 5.91. The quantitative estimate of drug-likeness (QED) is 0.794. The molecule has 0 radical (unpaired) electrons. The molecule has 3 heterocycles. The molecule has 2 aromatic heterocycles. The summed E-state index contributed by atoms with van der Waals surface area (Å²) >= 11 is 0. The molecule has 0 bridgehead atoms. The minimum absolute atomic E-state index is 0.0467. The number of hydrogen-bond acceptors (Lipinski definition) is 7. The van der Waals surface area contributed by atoms with E-state index in [0.29, 0.717) is 11.8 Å². The first kappa shape index (κ1) is 19.4. The number of imidazole rings is 1. The van der Waals surface area contributed by atoms with Gasteiger partial charge in [0.1, 0.15) is 11.6 Å². The van der Waals surface area contributed by atoms with Crippen LogP contribution in [0, 0.1) is 0 Å². The van der Waals surface area contributed by atoms with Crippen LogP contribution in [0.25, 0.3) is 0 Å². The Bertz CT molecular complexity index is 743. The second-order valence-corrected chi connectivity index (χ2v) is 7.66. The molecule has 1 unspecified atom stereocenters. The average molecular weight is 374 g/mol. The van der Waals surface area contributed by atoms with E-state index < -0.39 is 0 Å². The second-order valence-electron chi connectivity index (χ2n) is 7.66. The zero-order valence-electron chi connectivity index (χ0n) is 16.8. The van der Waals surface area contributed by atoms with Gasteiger partial charge in [0.25, 0.3) is 0 Å². The van der Waals surface area contributed by atoms with Crippen molar-refractivity contribution in [2.45, 2.75) is 45.3 Å². The number of nitrogens with zero attached hydrogens (tertiary/aromatic N) is 6. The minimum atomic E-state index is 0.0467. The predicted octanol–water partition coefficient (Wildman–Crippen LogP) is 1.99. The second kappa shape index (κ2) is 8.56. The Hall–Kier alpha value is -2.35. The lowest BCUT2D eigenvalue weighted by Gasteiger charge is -2.33. The Morgan fingerprint density at radius 1 is 1.33 bits per heavy atom. The van der Waals surface area contributed by atoms with Crippen LogP contribution in [0.5, 0.6) is 5.88 Å². The fourth-order valence-electron chi connectivity index (χ4n) is 3.47. The summed E-state index contributed by atoms with van der Waals surface area (Å²) in [5.74, 6) is 3.14. The third-order valence-corrected chi connectivity index (χ3v) is 4.71. The van der Waals surface area contributed by atoms with E-state index in [4.69, 9.17) is 10.5 Å². The zero-order valence-corrected chi connectivity index (χ0v) is 16.8. The topological polar surface area (TPSA) is 85.3 Å². The van der Waals surface area contributed by atoms with Gasteiger partial charge in [0.2, 0.25) is 11.8 Å². The third kappa shape index (κ3) is 5.09. The number of anilines is 2. The van der Waals surface area contributed by atoms with Crippen LogP contribution in [0.1, 0.15) is 38.4 Å². The van der Waals surface area contributed by atoms with Crippen molar-refractivity contribution < 1.29 is 4.74 Å². The summed E-state index contributed by atoms with van der Waals surface area (Å²) in [5, 5.41) is 0. The molecular formula is C19H31N7O. The van der Waals surface area contributed by atoms with Gasteiger partial charge in [-0.1, -0.05) is 0 Å². The summed E-state index contributed by atoms with van der Waals surface area (Å²) < 4.78 is 7.99. The van der Waals surface area contributed by atoms with Crippen molar-refractivity contribution in [2.24, 2.45) is 0 Å². The lowest BCUT2D eigenvalue weighted by molar-refractivity contribution is 0.232. The normalized spacial score (nSPS) is 17.7. The van der Waals surface area contributed by atoms with Crippen LogP contribution >= 0.6 is 0 Å². The van der Waals surface area contributed by atoms with Gasteiger partial charge in [0.15, 0.2) is 0 Å². The lowest BCUT2D eigenvalue weighted by atomic mass is 9.97. The van der Waals surface area contributed by atoms with Crippen molar-refractivity contribution in [3.8, 4) is 5.88 Å². The van der Waals surface area contributed by atoms with Crippen molar-refractivity contribution >= 4 is 11.8 Å².